The topological polar surface area (TPSA) is 125 Å². The lowest BCUT2D eigenvalue weighted by atomic mass is 9.97. The molecular weight excluding hydrogens is 314 g/mol. The van der Waals surface area contributed by atoms with Gasteiger partial charge in [0.2, 0.25) is 5.95 Å². The fourth-order valence-corrected chi connectivity index (χ4v) is 2.55. The third-order valence-electron chi connectivity index (χ3n) is 3.86. The molecule has 3 N–H and O–H groups in total. The summed E-state index contributed by atoms with van der Waals surface area (Å²) in [5.41, 5.74) is 5.27. The zero-order valence-electron chi connectivity index (χ0n) is 13.9. The molecule has 2 aromatic rings. The number of nitrogens with one attached hydrogen (secondary N) is 1. The van der Waals surface area contributed by atoms with E-state index in [9.17, 15) is 9.59 Å². The highest BCUT2D eigenvalue weighted by molar-refractivity contribution is 5.75. The molecule has 1 saturated heterocycles. The predicted octanol–water partition coefficient (Wildman–Crippen LogP) is 0.969. The van der Waals surface area contributed by atoms with Crippen molar-refractivity contribution in [1.82, 2.24) is 19.5 Å². The van der Waals surface area contributed by atoms with E-state index in [1.165, 1.54) is 6.33 Å². The lowest BCUT2D eigenvalue weighted by Crippen LogP contribution is -2.27. The van der Waals surface area contributed by atoms with E-state index in [0.29, 0.717) is 12.1 Å². The van der Waals surface area contributed by atoms with Gasteiger partial charge in [0, 0.05) is 0 Å². The number of anilines is 1. The van der Waals surface area contributed by atoms with E-state index in [1.807, 2.05) is 0 Å². The zero-order chi connectivity index (χ0) is 17.5. The Balaban J connectivity index is 1.70. The Morgan fingerprint density at radius 2 is 2.25 bits per heavy atom. The van der Waals surface area contributed by atoms with E-state index < -0.39 is 5.41 Å². The molecule has 0 radical (unpaired) electrons. The van der Waals surface area contributed by atoms with Crippen molar-refractivity contribution >= 4 is 23.1 Å². The molecule has 0 aromatic carbocycles. The Morgan fingerprint density at radius 3 is 2.96 bits per heavy atom. The van der Waals surface area contributed by atoms with Crippen LogP contribution in [0, 0.1) is 5.41 Å². The minimum atomic E-state index is -0.541. The van der Waals surface area contributed by atoms with Crippen LogP contribution in [0.5, 0.6) is 0 Å². The molecule has 2 aromatic heterocycles. The third-order valence-corrected chi connectivity index (χ3v) is 3.86. The smallest absolute Gasteiger partial charge is 0.311 e. The summed E-state index contributed by atoms with van der Waals surface area (Å²) in [7, 11) is 0. The second-order valence-corrected chi connectivity index (χ2v) is 6.91. The Bertz CT molecular complexity index is 819. The maximum atomic E-state index is 11.8. The summed E-state index contributed by atoms with van der Waals surface area (Å²) in [5.74, 6) is -0.230. The van der Waals surface area contributed by atoms with Crippen molar-refractivity contribution < 1.29 is 14.3 Å². The van der Waals surface area contributed by atoms with Crippen molar-refractivity contribution in [3.8, 4) is 0 Å². The first-order valence-corrected chi connectivity index (χ1v) is 7.80. The van der Waals surface area contributed by atoms with Crippen LogP contribution < -0.4 is 11.3 Å². The number of hydrogen-bond acceptors (Lipinski definition) is 7. The Labute approximate surface area is 138 Å². The Morgan fingerprint density at radius 1 is 1.50 bits per heavy atom. The molecule has 130 valence electrons. The summed E-state index contributed by atoms with van der Waals surface area (Å²) in [4.78, 5) is 34.3. The number of nitrogen functional groups attached to an aromatic ring is 1. The first-order valence-electron chi connectivity index (χ1n) is 7.80. The highest BCUT2D eigenvalue weighted by Gasteiger charge is 2.31. The first kappa shape index (κ1) is 16.4. The van der Waals surface area contributed by atoms with Crippen molar-refractivity contribution in [2.75, 3.05) is 12.3 Å². The SMILES string of the molecule is CC(C)(C)C(=O)OC[C@@H]1CC[C@@H](n2cnc3c(=O)[nH]c(N)nc32)O1. The van der Waals surface area contributed by atoms with Gasteiger partial charge in [-0.2, -0.15) is 4.98 Å². The normalized spacial score (nSPS) is 21.3. The highest BCUT2D eigenvalue weighted by Crippen LogP contribution is 2.30. The molecule has 0 unspecified atom stereocenters. The highest BCUT2D eigenvalue weighted by atomic mass is 16.6. The average molecular weight is 335 g/mol. The summed E-state index contributed by atoms with van der Waals surface area (Å²) < 4.78 is 12.9. The van der Waals surface area contributed by atoms with Gasteiger partial charge in [0.15, 0.2) is 11.2 Å². The van der Waals surface area contributed by atoms with Crippen molar-refractivity contribution in [3.63, 3.8) is 0 Å². The maximum absolute atomic E-state index is 11.8. The van der Waals surface area contributed by atoms with Crippen molar-refractivity contribution in [2.24, 2.45) is 5.41 Å². The van der Waals surface area contributed by atoms with Gasteiger partial charge in [0.1, 0.15) is 12.8 Å². The number of nitrogens with two attached hydrogens (primary N) is 1. The largest absolute Gasteiger partial charge is 0.463 e. The second-order valence-electron chi connectivity index (χ2n) is 6.91. The van der Waals surface area contributed by atoms with E-state index in [4.69, 9.17) is 15.2 Å². The fourth-order valence-electron chi connectivity index (χ4n) is 2.55. The Hall–Kier alpha value is -2.42. The number of esters is 1. The number of aromatic nitrogens is 4. The average Bonchev–Trinajstić information content (AvgIpc) is 3.09. The molecule has 1 fully saturated rings. The summed E-state index contributed by atoms with van der Waals surface area (Å²) in [6, 6.07) is 0. The Kier molecular flexibility index (Phi) is 4.04. The molecule has 9 heteroatoms. The van der Waals surface area contributed by atoms with Gasteiger partial charge in [0.25, 0.3) is 5.56 Å². The number of aromatic amines is 1. The molecule has 1 aliphatic rings. The lowest BCUT2D eigenvalue weighted by Gasteiger charge is -2.19. The van der Waals surface area contributed by atoms with Crippen LogP contribution in [0.25, 0.3) is 11.2 Å². The number of carbonyl (C=O) groups is 1. The minimum absolute atomic E-state index is 0.0305. The molecule has 9 nitrogen and oxygen atoms in total. The zero-order valence-corrected chi connectivity index (χ0v) is 13.9. The number of H-pyrrole nitrogens is 1. The summed E-state index contributed by atoms with van der Waals surface area (Å²) in [6.07, 6.45) is 2.44. The predicted molar refractivity (Wildman–Crippen MR) is 86.1 cm³/mol. The first-order chi connectivity index (χ1) is 11.3. The van der Waals surface area contributed by atoms with Crippen LogP contribution >= 0.6 is 0 Å². The number of hydrogen-bond donors (Lipinski definition) is 2. The molecule has 24 heavy (non-hydrogen) atoms. The lowest BCUT2D eigenvalue weighted by molar-refractivity contribution is -0.157. The number of nitrogens with zero attached hydrogens (tertiary/aromatic N) is 3. The number of rotatable bonds is 3. The number of ether oxygens (including phenoxy) is 2. The molecule has 3 heterocycles. The number of imidazole rings is 1. The molecule has 2 atom stereocenters. The van der Waals surface area contributed by atoms with Crippen LogP contribution in [0.2, 0.25) is 0 Å². The van der Waals surface area contributed by atoms with E-state index in [-0.39, 0.29) is 41.9 Å². The van der Waals surface area contributed by atoms with E-state index in [2.05, 4.69) is 15.0 Å². The van der Waals surface area contributed by atoms with Crippen LogP contribution in [0.1, 0.15) is 39.8 Å². The molecule has 0 amide bonds. The van der Waals surface area contributed by atoms with Crippen LogP contribution in [-0.2, 0) is 14.3 Å². The van der Waals surface area contributed by atoms with Crippen LogP contribution in [0.4, 0.5) is 5.95 Å². The van der Waals surface area contributed by atoms with Gasteiger partial charge in [-0.3, -0.25) is 19.1 Å². The molecule has 0 aliphatic carbocycles. The van der Waals surface area contributed by atoms with Gasteiger partial charge in [-0.1, -0.05) is 0 Å². The summed E-state index contributed by atoms with van der Waals surface area (Å²) >= 11 is 0. The van der Waals surface area contributed by atoms with Crippen LogP contribution in [-0.4, -0.2) is 38.2 Å². The fraction of sp³-hybridized carbons (Fsp3) is 0.600. The number of fused-ring (bicyclic) bond motifs is 1. The van der Waals surface area contributed by atoms with Crippen LogP contribution in [0.3, 0.4) is 0 Å². The van der Waals surface area contributed by atoms with Crippen molar-refractivity contribution in [1.29, 1.82) is 0 Å². The van der Waals surface area contributed by atoms with Gasteiger partial charge < -0.3 is 15.2 Å². The van der Waals surface area contributed by atoms with Gasteiger partial charge in [-0.25, -0.2) is 4.98 Å². The van der Waals surface area contributed by atoms with Gasteiger partial charge >= 0.3 is 5.97 Å². The quantitative estimate of drug-likeness (QED) is 0.800. The molecule has 3 rings (SSSR count). The van der Waals surface area contributed by atoms with Crippen molar-refractivity contribution in [3.05, 3.63) is 16.7 Å². The van der Waals surface area contributed by atoms with Gasteiger partial charge in [-0.05, 0) is 33.6 Å². The maximum Gasteiger partial charge on any atom is 0.311 e. The van der Waals surface area contributed by atoms with Crippen LogP contribution in [0.15, 0.2) is 11.1 Å². The molecule has 0 bridgehead atoms. The number of carbonyl (C=O) groups excluding carboxylic acids is 1. The standard InChI is InChI=1S/C15H21N5O4/c1-15(2,3)13(22)23-6-8-4-5-9(24-8)20-7-17-10-11(20)18-14(16)19-12(10)21/h7-9H,4-6H2,1-3H3,(H3,16,18,19,21)/t8-,9-/m0/s1. The molecule has 0 spiro atoms. The second kappa shape index (κ2) is 5.90. The molecule has 0 saturated carbocycles. The molecule has 1 aliphatic heterocycles. The van der Waals surface area contributed by atoms with E-state index >= 15 is 0 Å². The van der Waals surface area contributed by atoms with E-state index in [1.54, 1.807) is 25.3 Å². The van der Waals surface area contributed by atoms with Gasteiger partial charge in [-0.15, -0.1) is 0 Å². The van der Waals surface area contributed by atoms with E-state index in [0.717, 1.165) is 6.42 Å². The molecular formula is C15H21N5O4. The monoisotopic (exact) mass is 335 g/mol. The third kappa shape index (κ3) is 3.12. The summed E-state index contributed by atoms with van der Waals surface area (Å²) in [6.45, 7) is 5.62. The minimum Gasteiger partial charge on any atom is -0.463 e. The summed E-state index contributed by atoms with van der Waals surface area (Å²) in [5, 5.41) is 0. The van der Waals surface area contributed by atoms with Gasteiger partial charge in [0.05, 0.1) is 17.8 Å². The van der Waals surface area contributed by atoms with Crippen molar-refractivity contribution in [2.45, 2.75) is 45.9 Å².